The van der Waals surface area contributed by atoms with Crippen molar-refractivity contribution < 1.29 is 18.4 Å². The third-order valence-corrected chi connectivity index (χ3v) is 7.60. The van der Waals surface area contributed by atoms with Gasteiger partial charge in [0.05, 0.1) is 6.10 Å². The van der Waals surface area contributed by atoms with Crippen LogP contribution in [0.3, 0.4) is 0 Å². The zero-order valence-electron chi connectivity index (χ0n) is 20.2. The summed E-state index contributed by atoms with van der Waals surface area (Å²) in [4.78, 5) is 25.3. The Bertz CT molecular complexity index is 1090. The number of allylic oxidation sites excluding steroid dienone is 3. The van der Waals surface area contributed by atoms with E-state index in [9.17, 15) is 10.1 Å². The first-order valence-corrected chi connectivity index (χ1v) is 12.4. The minimum Gasteiger partial charge on any atom is -0.377 e. The largest absolute Gasteiger partial charge is 0.377 e. The highest BCUT2D eigenvalue weighted by molar-refractivity contribution is 5.92. The molecule has 3 aliphatic heterocycles. The zero-order valence-corrected chi connectivity index (χ0v) is 20.2. The number of hydrogen-bond acceptors (Lipinski definition) is 9. The smallest absolute Gasteiger partial charge is 0.266 e. The second-order valence-corrected chi connectivity index (χ2v) is 10.1. The second-order valence-electron chi connectivity index (χ2n) is 10.1. The van der Waals surface area contributed by atoms with Crippen LogP contribution in [0.2, 0.25) is 0 Å². The lowest BCUT2D eigenvalue weighted by molar-refractivity contribution is -0.119. The molecule has 0 radical (unpaired) electrons. The third-order valence-electron chi connectivity index (χ3n) is 7.60. The van der Waals surface area contributed by atoms with E-state index in [2.05, 4.69) is 15.1 Å². The first-order valence-electron chi connectivity index (χ1n) is 12.4. The van der Waals surface area contributed by atoms with Crippen LogP contribution in [-0.4, -0.2) is 77.8 Å². The Morgan fingerprint density at radius 3 is 2.71 bits per heavy atom. The lowest BCUT2D eigenvalue weighted by atomic mass is 9.61. The summed E-state index contributed by atoms with van der Waals surface area (Å²) in [6, 6.07) is 1.96. The topological polar surface area (TPSA) is 108 Å². The van der Waals surface area contributed by atoms with E-state index in [-0.39, 0.29) is 24.2 Å². The van der Waals surface area contributed by atoms with Crippen molar-refractivity contribution in [2.24, 2.45) is 10.4 Å². The van der Waals surface area contributed by atoms with Gasteiger partial charge in [-0.3, -0.25) is 14.7 Å². The Hall–Kier alpha value is -2.90. The van der Waals surface area contributed by atoms with Gasteiger partial charge in [-0.1, -0.05) is 19.9 Å². The van der Waals surface area contributed by atoms with Gasteiger partial charge in [-0.05, 0) is 42.1 Å². The quantitative estimate of drug-likeness (QED) is 0.630. The Morgan fingerprint density at radius 2 is 2.09 bits per heavy atom. The van der Waals surface area contributed by atoms with E-state index in [1.165, 1.54) is 0 Å². The van der Waals surface area contributed by atoms with Gasteiger partial charge in [-0.15, -0.1) is 0 Å². The molecule has 186 valence electrons. The number of aliphatic imine (C=N–C) groups is 1. The lowest BCUT2D eigenvalue weighted by Gasteiger charge is -2.48. The molecule has 0 spiro atoms. The molecule has 0 saturated carbocycles. The summed E-state index contributed by atoms with van der Waals surface area (Å²) in [7, 11) is 0. The molecule has 1 aromatic heterocycles. The van der Waals surface area contributed by atoms with Gasteiger partial charge >= 0.3 is 0 Å². The van der Waals surface area contributed by atoms with E-state index in [1.54, 1.807) is 24.4 Å². The fraction of sp³-hybridized carbons (Fsp3) is 0.640. The number of nitriles is 1. The maximum atomic E-state index is 16.9. The highest BCUT2D eigenvalue weighted by atomic mass is 19.1. The molecule has 0 amide bonds. The van der Waals surface area contributed by atoms with E-state index in [4.69, 9.17) is 9.26 Å². The Kier molecular flexibility index (Phi) is 6.32. The number of piperazine rings is 1. The number of hydrogen-bond donors (Lipinski definition) is 0. The summed E-state index contributed by atoms with van der Waals surface area (Å²) in [5.41, 5.74) is -2.93. The summed E-state index contributed by atoms with van der Waals surface area (Å²) in [5.74, 6) is 1.18. The number of carbonyl (C=O) groups excluding carboxylic acids is 1. The molecule has 4 aliphatic rings. The molecule has 9 nitrogen and oxygen atoms in total. The number of ketones is 1. The molecule has 0 N–H and O–H groups in total. The molecule has 2 saturated heterocycles. The number of nitrogens with zero attached hydrogens (tertiary/aromatic N) is 6. The molecular weight excluding hydrogens is 451 g/mol. The molecule has 0 aromatic carbocycles. The van der Waals surface area contributed by atoms with Crippen molar-refractivity contribution in [1.29, 1.82) is 5.26 Å². The predicted octanol–water partition coefficient (Wildman–Crippen LogP) is 2.97. The number of ether oxygens (including phenoxy) is 1. The van der Waals surface area contributed by atoms with Crippen molar-refractivity contribution in [3.8, 4) is 6.07 Å². The molecule has 10 heteroatoms. The van der Waals surface area contributed by atoms with Crippen LogP contribution in [0.15, 0.2) is 33.3 Å². The number of carbonyl (C=O) groups is 1. The van der Waals surface area contributed by atoms with Crippen molar-refractivity contribution in [2.75, 3.05) is 37.7 Å². The molecule has 4 heterocycles. The number of alkyl halides is 1. The zero-order chi connectivity index (χ0) is 24.6. The average Bonchev–Trinajstić information content (AvgIpc) is 3.57. The predicted molar refractivity (Wildman–Crippen MR) is 127 cm³/mol. The van der Waals surface area contributed by atoms with E-state index in [0.29, 0.717) is 56.6 Å². The van der Waals surface area contributed by atoms with E-state index >= 15 is 4.39 Å². The Balaban J connectivity index is 1.38. The molecule has 0 bridgehead atoms. The van der Waals surface area contributed by atoms with Gasteiger partial charge in [0, 0.05) is 56.8 Å². The molecule has 35 heavy (non-hydrogen) atoms. The monoisotopic (exact) mass is 482 g/mol. The maximum Gasteiger partial charge on any atom is 0.266 e. The fourth-order valence-corrected chi connectivity index (χ4v) is 5.79. The van der Waals surface area contributed by atoms with Crippen LogP contribution in [0.1, 0.15) is 51.3 Å². The molecule has 4 atom stereocenters. The molecule has 4 unspecified atom stereocenters. The Labute approximate surface area is 204 Å². The SMILES string of the molecule is CC(C)c1nc(N2CCN(C3N=CC=C(C4(C5CCCO5)CC=CC(=O)C4)C3(F)C#N)CC2)no1. The van der Waals surface area contributed by atoms with Crippen molar-refractivity contribution in [3.05, 3.63) is 29.7 Å². The van der Waals surface area contributed by atoms with Crippen LogP contribution < -0.4 is 4.90 Å². The van der Waals surface area contributed by atoms with Crippen LogP contribution in [0.25, 0.3) is 0 Å². The van der Waals surface area contributed by atoms with Crippen LogP contribution in [0, 0.1) is 16.7 Å². The van der Waals surface area contributed by atoms with Gasteiger partial charge in [0.15, 0.2) is 11.9 Å². The lowest BCUT2D eigenvalue weighted by Crippen LogP contribution is -2.60. The van der Waals surface area contributed by atoms with E-state index in [0.717, 1.165) is 12.8 Å². The van der Waals surface area contributed by atoms with Crippen molar-refractivity contribution >= 4 is 17.9 Å². The van der Waals surface area contributed by atoms with Gasteiger partial charge in [0.2, 0.25) is 5.89 Å². The van der Waals surface area contributed by atoms with Gasteiger partial charge in [0.25, 0.3) is 11.6 Å². The van der Waals surface area contributed by atoms with Gasteiger partial charge in [-0.2, -0.15) is 10.2 Å². The van der Waals surface area contributed by atoms with Crippen LogP contribution in [-0.2, 0) is 9.53 Å². The number of dihydropyridines is 1. The average molecular weight is 483 g/mol. The summed E-state index contributed by atoms with van der Waals surface area (Å²) < 4.78 is 28.2. The van der Waals surface area contributed by atoms with Crippen LogP contribution in [0.5, 0.6) is 0 Å². The number of halogens is 1. The highest BCUT2D eigenvalue weighted by Crippen LogP contribution is 2.53. The third kappa shape index (κ3) is 4.10. The number of anilines is 1. The normalized spacial score (nSPS) is 33.9. The maximum absolute atomic E-state index is 16.9. The summed E-state index contributed by atoms with van der Waals surface area (Å²) in [6.07, 6.45) is 7.45. The van der Waals surface area contributed by atoms with Crippen molar-refractivity contribution in [1.82, 2.24) is 15.0 Å². The van der Waals surface area contributed by atoms with E-state index in [1.807, 2.05) is 29.7 Å². The molecule has 2 fully saturated rings. The van der Waals surface area contributed by atoms with Crippen LogP contribution >= 0.6 is 0 Å². The summed E-state index contributed by atoms with van der Waals surface area (Å²) in [6.45, 7) is 6.65. The molecule has 1 aliphatic carbocycles. The molecule has 5 rings (SSSR count). The minimum absolute atomic E-state index is 0.0681. The van der Waals surface area contributed by atoms with E-state index < -0.39 is 17.2 Å². The molecule has 1 aromatic rings. The van der Waals surface area contributed by atoms with Gasteiger partial charge in [0.1, 0.15) is 6.07 Å². The minimum atomic E-state index is -2.37. The first kappa shape index (κ1) is 23.8. The van der Waals surface area contributed by atoms with Crippen molar-refractivity contribution in [3.63, 3.8) is 0 Å². The number of aromatic nitrogens is 2. The van der Waals surface area contributed by atoms with Gasteiger partial charge < -0.3 is 14.2 Å². The fourth-order valence-electron chi connectivity index (χ4n) is 5.79. The highest BCUT2D eigenvalue weighted by Gasteiger charge is 2.58. The number of rotatable bonds is 5. The van der Waals surface area contributed by atoms with Crippen LogP contribution in [0.4, 0.5) is 10.3 Å². The summed E-state index contributed by atoms with van der Waals surface area (Å²) in [5, 5.41) is 14.3. The standard InChI is InChI=1S/C25H31FN6O3/c1-17(2)21-29-23(30-35-21)32-12-10-31(11-13-32)22-25(26,16-27)19(7-9-28-22)24(20-6-4-14-34-20)8-3-5-18(33)15-24/h3,5,7,9,17,20,22H,4,6,8,10-15H2,1-2H3. The summed E-state index contributed by atoms with van der Waals surface area (Å²) >= 11 is 0. The van der Waals surface area contributed by atoms with Gasteiger partial charge in [-0.25, -0.2) is 4.39 Å². The molecular formula is C25H31FN6O3. The Morgan fingerprint density at radius 1 is 1.29 bits per heavy atom. The second kappa shape index (κ2) is 9.28. The first-order chi connectivity index (χ1) is 16.9. The van der Waals surface area contributed by atoms with Crippen molar-refractivity contribution in [2.45, 2.75) is 63.4 Å².